The quantitative estimate of drug-likeness (QED) is 0.883. The van der Waals surface area contributed by atoms with Gasteiger partial charge in [-0.2, -0.15) is 0 Å². The fraction of sp³-hybridized carbons (Fsp3) is 0.188. The van der Waals surface area contributed by atoms with Crippen molar-refractivity contribution in [3.8, 4) is 0 Å². The first kappa shape index (κ1) is 15.7. The molecule has 2 aromatic rings. The summed E-state index contributed by atoms with van der Waals surface area (Å²) in [4.78, 5) is 11.8. The highest BCUT2D eigenvalue weighted by molar-refractivity contribution is 7.84. The standard InChI is InChI=1S/C16H16ClNO2S/c17-14-6-4-5-13(11-14)12-21(20)10-9-16(19)18-15-7-2-1-3-8-15/h1-8,11H,9-10,12H2,(H,18,19)/t21-/m0/s1. The lowest BCUT2D eigenvalue weighted by atomic mass is 10.2. The minimum absolute atomic E-state index is 0.124. The maximum absolute atomic E-state index is 12.0. The van der Waals surface area contributed by atoms with Crippen LogP contribution < -0.4 is 5.32 Å². The van der Waals surface area contributed by atoms with Gasteiger partial charge in [-0.1, -0.05) is 41.9 Å². The van der Waals surface area contributed by atoms with Crippen LogP contribution >= 0.6 is 11.6 Å². The first-order valence-corrected chi connectivity index (χ1v) is 8.44. The highest BCUT2D eigenvalue weighted by Gasteiger charge is 2.07. The van der Waals surface area contributed by atoms with Crippen LogP contribution in [0.15, 0.2) is 54.6 Å². The summed E-state index contributed by atoms with van der Waals surface area (Å²) < 4.78 is 12.0. The monoisotopic (exact) mass is 321 g/mol. The number of amides is 1. The molecule has 2 aromatic carbocycles. The average molecular weight is 322 g/mol. The van der Waals surface area contributed by atoms with Crippen molar-refractivity contribution in [3.63, 3.8) is 0 Å². The van der Waals surface area contributed by atoms with Gasteiger partial charge in [-0.25, -0.2) is 0 Å². The second kappa shape index (κ2) is 7.96. The third kappa shape index (κ3) is 5.69. The summed E-state index contributed by atoms with van der Waals surface area (Å²) in [6.45, 7) is 0. The maximum atomic E-state index is 12.0. The zero-order valence-corrected chi connectivity index (χ0v) is 13.0. The van der Waals surface area contributed by atoms with Gasteiger partial charge >= 0.3 is 0 Å². The molecular weight excluding hydrogens is 306 g/mol. The van der Waals surface area contributed by atoms with Gasteiger partial charge in [-0.05, 0) is 29.8 Å². The van der Waals surface area contributed by atoms with Crippen molar-refractivity contribution < 1.29 is 9.00 Å². The average Bonchev–Trinajstić information content (AvgIpc) is 2.46. The van der Waals surface area contributed by atoms with Crippen molar-refractivity contribution in [1.82, 2.24) is 0 Å². The molecule has 0 aliphatic carbocycles. The minimum Gasteiger partial charge on any atom is -0.326 e. The first-order valence-electron chi connectivity index (χ1n) is 6.58. The molecule has 0 unspecified atom stereocenters. The molecule has 21 heavy (non-hydrogen) atoms. The van der Waals surface area contributed by atoms with Crippen molar-refractivity contribution in [2.24, 2.45) is 0 Å². The Bertz CT molecular complexity index is 631. The molecule has 0 saturated carbocycles. The Morgan fingerprint density at radius 1 is 1.10 bits per heavy atom. The Morgan fingerprint density at radius 3 is 2.57 bits per heavy atom. The van der Waals surface area contributed by atoms with E-state index in [0.717, 1.165) is 11.3 Å². The van der Waals surface area contributed by atoms with Gasteiger partial charge in [0.2, 0.25) is 5.91 Å². The number of benzene rings is 2. The van der Waals surface area contributed by atoms with E-state index in [1.807, 2.05) is 42.5 Å². The molecule has 1 atom stereocenters. The van der Waals surface area contributed by atoms with Crippen LogP contribution in [0.3, 0.4) is 0 Å². The van der Waals surface area contributed by atoms with Gasteiger partial charge in [-0.3, -0.25) is 9.00 Å². The molecule has 110 valence electrons. The number of nitrogens with one attached hydrogen (secondary N) is 1. The van der Waals surface area contributed by atoms with E-state index < -0.39 is 10.8 Å². The summed E-state index contributed by atoms with van der Waals surface area (Å²) in [5.74, 6) is 0.630. The van der Waals surface area contributed by atoms with E-state index in [1.54, 1.807) is 12.1 Å². The highest BCUT2D eigenvalue weighted by atomic mass is 35.5. The van der Waals surface area contributed by atoms with Crippen molar-refractivity contribution in [2.75, 3.05) is 11.1 Å². The van der Waals surface area contributed by atoms with Crippen LogP contribution in [0.25, 0.3) is 0 Å². The molecule has 3 nitrogen and oxygen atoms in total. The molecule has 0 spiro atoms. The Hall–Kier alpha value is -1.65. The molecule has 0 aliphatic rings. The predicted octanol–water partition coefficient (Wildman–Crippen LogP) is 3.62. The van der Waals surface area contributed by atoms with Crippen LogP contribution in [-0.2, 0) is 21.3 Å². The second-order valence-electron chi connectivity index (χ2n) is 4.58. The number of carbonyl (C=O) groups is 1. The van der Waals surface area contributed by atoms with Crippen LogP contribution in [0.4, 0.5) is 5.69 Å². The molecule has 0 heterocycles. The SMILES string of the molecule is O=C(CC[S@](=O)Cc1cccc(Cl)c1)Nc1ccccc1. The summed E-state index contributed by atoms with van der Waals surface area (Å²) in [7, 11) is -1.08. The van der Waals surface area contributed by atoms with Crippen LogP contribution in [0, 0.1) is 0 Å². The molecular formula is C16H16ClNO2S. The smallest absolute Gasteiger partial charge is 0.225 e. The number of halogens is 1. The number of hydrogen-bond donors (Lipinski definition) is 1. The van der Waals surface area contributed by atoms with Gasteiger partial charge in [0.05, 0.1) is 0 Å². The third-order valence-electron chi connectivity index (χ3n) is 2.83. The molecule has 2 rings (SSSR count). The lowest BCUT2D eigenvalue weighted by Crippen LogP contribution is -2.15. The molecule has 0 radical (unpaired) electrons. The maximum Gasteiger partial charge on any atom is 0.225 e. The number of rotatable bonds is 6. The Morgan fingerprint density at radius 2 is 1.86 bits per heavy atom. The van der Waals surface area contributed by atoms with Crippen LogP contribution in [0.5, 0.6) is 0 Å². The Kier molecular flexibility index (Phi) is 5.96. The summed E-state index contributed by atoms with van der Waals surface area (Å²) in [6.07, 6.45) is 0.238. The van der Waals surface area contributed by atoms with Gasteiger partial charge < -0.3 is 5.32 Å². The molecule has 1 amide bonds. The fourth-order valence-corrected chi connectivity index (χ4v) is 3.16. The van der Waals surface area contributed by atoms with Gasteiger partial charge in [0.1, 0.15) is 0 Å². The highest BCUT2D eigenvalue weighted by Crippen LogP contribution is 2.13. The van der Waals surface area contributed by atoms with Crippen LogP contribution in [0.1, 0.15) is 12.0 Å². The first-order chi connectivity index (χ1) is 10.1. The van der Waals surface area contributed by atoms with Crippen LogP contribution in [0.2, 0.25) is 5.02 Å². The normalized spacial score (nSPS) is 11.9. The van der Waals surface area contributed by atoms with E-state index in [0.29, 0.717) is 16.5 Å². The molecule has 0 aromatic heterocycles. The van der Waals surface area contributed by atoms with Gasteiger partial charge in [0.15, 0.2) is 0 Å². The molecule has 0 fully saturated rings. The lowest BCUT2D eigenvalue weighted by molar-refractivity contribution is -0.115. The third-order valence-corrected chi connectivity index (χ3v) is 4.38. The number of carbonyl (C=O) groups excluding carboxylic acids is 1. The van der Waals surface area contributed by atoms with Crippen molar-refractivity contribution >= 4 is 34.0 Å². The number of anilines is 1. The van der Waals surface area contributed by atoms with Crippen molar-refractivity contribution in [1.29, 1.82) is 0 Å². The van der Waals surface area contributed by atoms with Crippen LogP contribution in [-0.4, -0.2) is 15.9 Å². The van der Waals surface area contributed by atoms with E-state index >= 15 is 0 Å². The summed E-state index contributed by atoms with van der Waals surface area (Å²) >= 11 is 5.88. The summed E-state index contributed by atoms with van der Waals surface area (Å²) in [5.41, 5.74) is 1.67. The largest absolute Gasteiger partial charge is 0.326 e. The van der Waals surface area contributed by atoms with Crippen molar-refractivity contribution in [3.05, 3.63) is 65.2 Å². The molecule has 0 bridgehead atoms. The number of hydrogen-bond acceptors (Lipinski definition) is 2. The topological polar surface area (TPSA) is 46.2 Å². The zero-order chi connectivity index (χ0) is 15.1. The van der Waals surface area contributed by atoms with E-state index in [-0.39, 0.29) is 12.3 Å². The fourth-order valence-electron chi connectivity index (χ4n) is 1.84. The minimum atomic E-state index is -1.08. The molecule has 0 aliphatic heterocycles. The van der Waals surface area contributed by atoms with Crippen molar-refractivity contribution in [2.45, 2.75) is 12.2 Å². The Balaban J connectivity index is 1.77. The van der Waals surface area contributed by atoms with E-state index in [1.165, 1.54) is 0 Å². The summed E-state index contributed by atoms with van der Waals surface area (Å²) in [5, 5.41) is 3.41. The molecule has 0 saturated heterocycles. The van der Waals surface area contributed by atoms with E-state index in [4.69, 9.17) is 11.6 Å². The predicted molar refractivity (Wildman–Crippen MR) is 87.9 cm³/mol. The second-order valence-corrected chi connectivity index (χ2v) is 6.60. The van der Waals surface area contributed by atoms with Gasteiger partial charge in [0, 0.05) is 39.4 Å². The number of para-hydroxylation sites is 1. The lowest BCUT2D eigenvalue weighted by Gasteiger charge is -2.05. The molecule has 1 N–H and O–H groups in total. The van der Waals surface area contributed by atoms with Gasteiger partial charge in [0.25, 0.3) is 0 Å². The summed E-state index contributed by atoms with van der Waals surface area (Å²) in [6, 6.07) is 16.5. The van der Waals surface area contributed by atoms with E-state index in [9.17, 15) is 9.00 Å². The van der Waals surface area contributed by atoms with Gasteiger partial charge in [-0.15, -0.1) is 0 Å². The van der Waals surface area contributed by atoms with E-state index in [2.05, 4.69) is 5.32 Å². The molecule has 5 heteroatoms. The Labute approximate surface area is 131 Å². The zero-order valence-electron chi connectivity index (χ0n) is 11.4.